The van der Waals surface area contributed by atoms with E-state index < -0.39 is 10.0 Å². The van der Waals surface area contributed by atoms with Gasteiger partial charge in [0, 0.05) is 32.2 Å². The van der Waals surface area contributed by atoms with E-state index in [-0.39, 0.29) is 23.9 Å². The highest BCUT2D eigenvalue weighted by Gasteiger charge is 2.27. The number of carbonyl (C=O) groups is 1. The molecule has 0 spiro atoms. The number of nitrogens with zero attached hydrogens (tertiary/aromatic N) is 2. The first-order chi connectivity index (χ1) is 16.9. The second kappa shape index (κ2) is 13.4. The molecule has 2 aromatic carbocycles. The molecule has 1 fully saturated rings. The van der Waals surface area contributed by atoms with Crippen LogP contribution in [0, 0.1) is 0 Å². The van der Waals surface area contributed by atoms with Crippen LogP contribution in [0.15, 0.2) is 53.4 Å². The summed E-state index contributed by atoms with van der Waals surface area (Å²) < 4.78 is 44.1. The van der Waals surface area contributed by atoms with Crippen molar-refractivity contribution in [2.75, 3.05) is 66.7 Å². The molecule has 3 rings (SSSR count). The molecule has 1 N–H and O–H groups in total. The minimum Gasteiger partial charge on any atom is -0.493 e. The Kier molecular flexibility index (Phi) is 10.3. The van der Waals surface area contributed by atoms with Crippen LogP contribution in [0.4, 0.5) is 0 Å². The Morgan fingerprint density at radius 2 is 1.77 bits per heavy atom. The molecule has 192 valence electrons. The zero-order valence-corrected chi connectivity index (χ0v) is 21.3. The molecule has 0 saturated carbocycles. The monoisotopic (exact) mass is 505 g/mol. The predicted octanol–water partition coefficient (Wildman–Crippen LogP) is 1.78. The Hall–Kier alpha value is -2.66. The summed E-state index contributed by atoms with van der Waals surface area (Å²) in [5.41, 5.74) is 0.992. The van der Waals surface area contributed by atoms with Crippen molar-refractivity contribution in [1.82, 2.24) is 14.5 Å². The van der Waals surface area contributed by atoms with Gasteiger partial charge in [-0.2, -0.15) is 4.31 Å². The predicted molar refractivity (Wildman–Crippen MR) is 133 cm³/mol. The van der Waals surface area contributed by atoms with Gasteiger partial charge in [-0.15, -0.1) is 0 Å². The van der Waals surface area contributed by atoms with Crippen molar-refractivity contribution < 1.29 is 27.4 Å². The lowest BCUT2D eigenvalue weighted by atomic mass is 10.1. The lowest BCUT2D eigenvalue weighted by Gasteiger charge is -2.26. The lowest BCUT2D eigenvalue weighted by molar-refractivity contribution is -0.121. The highest BCUT2D eigenvalue weighted by molar-refractivity contribution is 7.89. The van der Waals surface area contributed by atoms with E-state index in [4.69, 9.17) is 14.2 Å². The van der Waals surface area contributed by atoms with Crippen LogP contribution in [-0.2, 0) is 26.0 Å². The summed E-state index contributed by atoms with van der Waals surface area (Å²) >= 11 is 0. The normalized spacial score (nSPS) is 14.6. The van der Waals surface area contributed by atoms with Crippen molar-refractivity contribution in [2.45, 2.75) is 17.7 Å². The highest BCUT2D eigenvalue weighted by Crippen LogP contribution is 2.30. The number of sulfonamides is 1. The maximum absolute atomic E-state index is 13.5. The fourth-order valence-corrected chi connectivity index (χ4v) is 5.29. The maximum atomic E-state index is 13.5. The molecule has 1 aliphatic rings. The molecule has 0 radical (unpaired) electrons. The number of benzene rings is 2. The summed E-state index contributed by atoms with van der Waals surface area (Å²) in [6, 6.07) is 14.0. The van der Waals surface area contributed by atoms with Crippen molar-refractivity contribution in [3.8, 4) is 11.5 Å². The van der Waals surface area contributed by atoms with Gasteiger partial charge in [0.15, 0.2) is 11.5 Å². The van der Waals surface area contributed by atoms with Gasteiger partial charge in [-0.3, -0.25) is 9.69 Å². The molecule has 1 saturated heterocycles. The van der Waals surface area contributed by atoms with E-state index in [1.54, 1.807) is 6.07 Å². The third kappa shape index (κ3) is 7.93. The highest BCUT2D eigenvalue weighted by atomic mass is 32.2. The molecule has 2 aromatic rings. The van der Waals surface area contributed by atoms with Gasteiger partial charge in [0.2, 0.25) is 15.9 Å². The topological polar surface area (TPSA) is 97.4 Å². The van der Waals surface area contributed by atoms with Crippen molar-refractivity contribution >= 4 is 15.9 Å². The van der Waals surface area contributed by atoms with Crippen LogP contribution in [0.5, 0.6) is 11.5 Å². The van der Waals surface area contributed by atoms with Crippen LogP contribution in [0.25, 0.3) is 0 Å². The molecule has 10 heteroatoms. The number of hydrogen-bond acceptors (Lipinski definition) is 7. The molecular weight excluding hydrogens is 470 g/mol. The molecule has 0 bridgehead atoms. The van der Waals surface area contributed by atoms with E-state index in [1.807, 2.05) is 30.3 Å². The Balaban J connectivity index is 1.67. The van der Waals surface area contributed by atoms with Crippen LogP contribution < -0.4 is 14.8 Å². The van der Waals surface area contributed by atoms with Crippen molar-refractivity contribution in [1.29, 1.82) is 0 Å². The van der Waals surface area contributed by atoms with Gasteiger partial charge in [-0.1, -0.05) is 30.3 Å². The first-order valence-corrected chi connectivity index (χ1v) is 13.2. The SMILES string of the molecule is COc1ccc(S(=O)(=O)N(CCc2ccccc2)CC(=O)NCCCN2CCOCC2)cc1OC. The molecule has 0 aliphatic carbocycles. The number of methoxy groups -OCH3 is 2. The molecule has 0 unspecified atom stereocenters. The van der Waals surface area contributed by atoms with E-state index in [1.165, 1.54) is 30.7 Å². The molecule has 0 atom stereocenters. The largest absolute Gasteiger partial charge is 0.493 e. The molecular formula is C25H35N3O6S. The average molecular weight is 506 g/mol. The van der Waals surface area contributed by atoms with Crippen molar-refractivity contribution in [3.63, 3.8) is 0 Å². The van der Waals surface area contributed by atoms with Crippen LogP contribution in [0.1, 0.15) is 12.0 Å². The Bertz CT molecular complexity index is 1040. The van der Waals surface area contributed by atoms with Gasteiger partial charge < -0.3 is 19.5 Å². The first-order valence-electron chi connectivity index (χ1n) is 11.8. The minimum absolute atomic E-state index is 0.0447. The van der Waals surface area contributed by atoms with E-state index in [9.17, 15) is 13.2 Å². The Labute approximate surface area is 208 Å². The Morgan fingerprint density at radius 1 is 1.06 bits per heavy atom. The number of carbonyl (C=O) groups excluding carboxylic acids is 1. The number of morpholine rings is 1. The van der Waals surface area contributed by atoms with Gasteiger partial charge in [0.05, 0.1) is 38.9 Å². The smallest absolute Gasteiger partial charge is 0.243 e. The first kappa shape index (κ1) is 26.9. The van der Waals surface area contributed by atoms with Crippen LogP contribution in [-0.4, -0.2) is 90.2 Å². The van der Waals surface area contributed by atoms with Gasteiger partial charge in [-0.25, -0.2) is 8.42 Å². The zero-order chi connectivity index (χ0) is 25.1. The van der Waals surface area contributed by atoms with E-state index in [2.05, 4.69) is 10.2 Å². The fourth-order valence-electron chi connectivity index (χ4n) is 3.88. The summed E-state index contributed by atoms with van der Waals surface area (Å²) in [5, 5.41) is 2.87. The standard InChI is InChI=1S/C25H35N3O6S/c1-32-23-10-9-22(19-24(23)33-2)35(30,31)28(14-11-21-7-4-3-5-8-21)20-25(29)26-12-6-13-27-15-17-34-18-16-27/h3-5,7-10,19H,6,11-18,20H2,1-2H3,(H,26,29). The number of nitrogens with one attached hydrogen (secondary N) is 1. The molecule has 1 amide bonds. The quantitative estimate of drug-likeness (QED) is 0.415. The van der Waals surface area contributed by atoms with Gasteiger partial charge >= 0.3 is 0 Å². The van der Waals surface area contributed by atoms with E-state index >= 15 is 0 Å². The number of rotatable bonds is 13. The molecule has 1 heterocycles. The van der Waals surface area contributed by atoms with Crippen LogP contribution >= 0.6 is 0 Å². The molecule has 1 aliphatic heterocycles. The van der Waals surface area contributed by atoms with Gasteiger partial charge in [0.25, 0.3) is 0 Å². The fraction of sp³-hybridized carbons (Fsp3) is 0.480. The molecule has 9 nitrogen and oxygen atoms in total. The average Bonchev–Trinajstić information content (AvgIpc) is 2.89. The van der Waals surface area contributed by atoms with Crippen molar-refractivity contribution in [2.24, 2.45) is 0 Å². The number of ether oxygens (including phenoxy) is 3. The number of amides is 1. The number of hydrogen-bond donors (Lipinski definition) is 1. The van der Waals surface area contributed by atoms with Crippen molar-refractivity contribution in [3.05, 3.63) is 54.1 Å². The van der Waals surface area contributed by atoms with Crippen LogP contribution in [0.3, 0.4) is 0 Å². The summed E-state index contributed by atoms with van der Waals surface area (Å²) in [6.07, 6.45) is 1.27. The Morgan fingerprint density at radius 3 is 2.46 bits per heavy atom. The second-order valence-electron chi connectivity index (χ2n) is 8.25. The summed E-state index contributed by atoms with van der Waals surface area (Å²) in [4.78, 5) is 15.1. The summed E-state index contributed by atoms with van der Waals surface area (Å²) in [5.74, 6) is 0.411. The van der Waals surface area contributed by atoms with Gasteiger partial charge in [0.1, 0.15) is 0 Å². The summed E-state index contributed by atoms with van der Waals surface area (Å²) in [6.45, 7) is 4.51. The zero-order valence-electron chi connectivity index (χ0n) is 20.4. The van der Waals surface area contributed by atoms with E-state index in [0.717, 1.165) is 44.8 Å². The summed E-state index contributed by atoms with van der Waals surface area (Å²) in [7, 11) is -1.02. The third-order valence-corrected chi connectivity index (χ3v) is 7.72. The lowest BCUT2D eigenvalue weighted by Crippen LogP contribution is -2.42. The molecule has 35 heavy (non-hydrogen) atoms. The molecule has 0 aromatic heterocycles. The van der Waals surface area contributed by atoms with Crippen LogP contribution in [0.2, 0.25) is 0 Å². The maximum Gasteiger partial charge on any atom is 0.243 e. The minimum atomic E-state index is -3.96. The second-order valence-corrected chi connectivity index (χ2v) is 10.2. The van der Waals surface area contributed by atoms with E-state index in [0.29, 0.717) is 24.5 Å². The van der Waals surface area contributed by atoms with Gasteiger partial charge in [-0.05, 0) is 37.1 Å². The third-order valence-electron chi connectivity index (χ3n) is 5.88.